The Labute approximate surface area is 126 Å². The SMILES string of the molecule is CN(CCCBr)C(=O)c1cc(Br)ccc1I. The minimum absolute atomic E-state index is 0.0756. The van der Waals surface area contributed by atoms with E-state index in [-0.39, 0.29) is 5.91 Å². The van der Waals surface area contributed by atoms with Crippen LogP contribution in [0, 0.1) is 3.57 Å². The number of rotatable bonds is 4. The number of carbonyl (C=O) groups is 1. The van der Waals surface area contributed by atoms with Crippen LogP contribution in [-0.4, -0.2) is 29.7 Å². The number of amides is 1. The summed E-state index contributed by atoms with van der Waals surface area (Å²) in [5.74, 6) is 0.0756. The largest absolute Gasteiger partial charge is 0.342 e. The molecule has 16 heavy (non-hydrogen) atoms. The van der Waals surface area contributed by atoms with E-state index in [9.17, 15) is 4.79 Å². The highest BCUT2D eigenvalue weighted by molar-refractivity contribution is 14.1. The highest BCUT2D eigenvalue weighted by Crippen LogP contribution is 2.19. The molecule has 0 aliphatic rings. The van der Waals surface area contributed by atoms with Gasteiger partial charge in [-0.3, -0.25) is 4.79 Å². The fraction of sp³-hybridized carbons (Fsp3) is 0.364. The first-order valence-electron chi connectivity index (χ1n) is 4.82. The van der Waals surface area contributed by atoms with E-state index < -0.39 is 0 Å². The summed E-state index contributed by atoms with van der Waals surface area (Å²) in [7, 11) is 1.84. The maximum Gasteiger partial charge on any atom is 0.254 e. The summed E-state index contributed by atoms with van der Waals surface area (Å²) in [6.45, 7) is 0.771. The first-order valence-corrected chi connectivity index (χ1v) is 7.82. The molecule has 0 aromatic heterocycles. The van der Waals surface area contributed by atoms with Gasteiger partial charge >= 0.3 is 0 Å². The van der Waals surface area contributed by atoms with Gasteiger partial charge in [-0.1, -0.05) is 31.9 Å². The van der Waals surface area contributed by atoms with Crippen molar-refractivity contribution in [1.82, 2.24) is 4.90 Å². The van der Waals surface area contributed by atoms with Crippen LogP contribution in [0.2, 0.25) is 0 Å². The van der Waals surface area contributed by atoms with Gasteiger partial charge in [-0.05, 0) is 47.2 Å². The fourth-order valence-electron chi connectivity index (χ4n) is 1.27. The molecule has 0 saturated heterocycles. The normalized spacial score (nSPS) is 10.2. The Bertz CT molecular complexity index is 384. The van der Waals surface area contributed by atoms with Gasteiger partial charge in [0.2, 0.25) is 0 Å². The molecule has 1 amide bonds. The van der Waals surface area contributed by atoms with Gasteiger partial charge in [0.1, 0.15) is 0 Å². The number of hydrogen-bond donors (Lipinski definition) is 0. The topological polar surface area (TPSA) is 20.3 Å². The van der Waals surface area contributed by atoms with Gasteiger partial charge < -0.3 is 4.90 Å². The summed E-state index contributed by atoms with van der Waals surface area (Å²) >= 11 is 8.93. The molecule has 1 aromatic carbocycles. The van der Waals surface area contributed by atoms with Gasteiger partial charge in [0.15, 0.2) is 0 Å². The average Bonchev–Trinajstić information content (AvgIpc) is 2.28. The highest BCUT2D eigenvalue weighted by Gasteiger charge is 2.14. The van der Waals surface area contributed by atoms with Crippen LogP contribution in [-0.2, 0) is 0 Å². The van der Waals surface area contributed by atoms with Crippen molar-refractivity contribution in [3.8, 4) is 0 Å². The smallest absolute Gasteiger partial charge is 0.254 e. The summed E-state index contributed by atoms with van der Waals surface area (Å²) in [6, 6.07) is 5.75. The van der Waals surface area contributed by atoms with Gasteiger partial charge in [-0.15, -0.1) is 0 Å². The number of nitrogens with zero attached hydrogens (tertiary/aromatic N) is 1. The third-order valence-electron chi connectivity index (χ3n) is 2.13. The molecule has 0 N–H and O–H groups in total. The molecule has 1 rings (SSSR count). The van der Waals surface area contributed by atoms with E-state index in [1.807, 2.05) is 25.2 Å². The summed E-state index contributed by atoms with van der Waals surface area (Å²) in [6.07, 6.45) is 0.965. The lowest BCUT2D eigenvalue weighted by Gasteiger charge is -2.17. The minimum atomic E-state index is 0.0756. The Balaban J connectivity index is 2.83. The Morgan fingerprint density at radius 3 is 2.81 bits per heavy atom. The fourth-order valence-corrected chi connectivity index (χ4v) is 2.44. The zero-order chi connectivity index (χ0) is 12.1. The van der Waals surface area contributed by atoms with Crippen molar-refractivity contribution in [1.29, 1.82) is 0 Å². The van der Waals surface area contributed by atoms with E-state index in [0.29, 0.717) is 0 Å². The molecule has 0 saturated carbocycles. The molecular weight excluding hydrogens is 449 g/mol. The number of benzene rings is 1. The van der Waals surface area contributed by atoms with Crippen molar-refractivity contribution in [3.05, 3.63) is 31.8 Å². The van der Waals surface area contributed by atoms with E-state index in [1.165, 1.54) is 0 Å². The molecule has 0 heterocycles. The predicted molar refractivity (Wildman–Crippen MR) is 82.2 cm³/mol. The van der Waals surface area contributed by atoms with Crippen molar-refractivity contribution < 1.29 is 4.79 Å². The monoisotopic (exact) mass is 459 g/mol. The molecule has 0 aliphatic carbocycles. The van der Waals surface area contributed by atoms with Crippen molar-refractivity contribution >= 4 is 60.4 Å². The molecule has 2 nitrogen and oxygen atoms in total. The highest BCUT2D eigenvalue weighted by atomic mass is 127. The summed E-state index contributed by atoms with van der Waals surface area (Å²) in [5, 5.41) is 0.917. The molecule has 0 radical (unpaired) electrons. The summed E-state index contributed by atoms with van der Waals surface area (Å²) < 4.78 is 1.92. The first-order chi connectivity index (χ1) is 7.56. The molecule has 0 aliphatic heterocycles. The predicted octanol–water partition coefficient (Wildman–Crippen LogP) is 3.91. The molecule has 88 valence electrons. The lowest BCUT2D eigenvalue weighted by atomic mass is 10.2. The minimum Gasteiger partial charge on any atom is -0.342 e. The molecule has 0 atom stereocenters. The number of alkyl halides is 1. The molecule has 5 heteroatoms. The van der Waals surface area contributed by atoms with Crippen molar-refractivity contribution in [2.75, 3.05) is 18.9 Å². The van der Waals surface area contributed by atoms with E-state index in [4.69, 9.17) is 0 Å². The number of halogens is 3. The van der Waals surface area contributed by atoms with E-state index in [2.05, 4.69) is 54.5 Å². The lowest BCUT2D eigenvalue weighted by Crippen LogP contribution is -2.28. The quantitative estimate of drug-likeness (QED) is 0.493. The van der Waals surface area contributed by atoms with Crippen LogP contribution in [0.15, 0.2) is 22.7 Å². The molecule has 0 fully saturated rings. The maximum atomic E-state index is 12.1. The van der Waals surface area contributed by atoms with Crippen LogP contribution in [0.1, 0.15) is 16.8 Å². The average molecular weight is 461 g/mol. The van der Waals surface area contributed by atoms with Gasteiger partial charge in [-0.2, -0.15) is 0 Å². The standard InChI is InChI=1S/C11H12Br2INO/c1-15(6-2-5-12)11(16)9-7-8(13)3-4-10(9)14/h3-4,7H,2,5-6H2,1H3. The van der Waals surface area contributed by atoms with Crippen molar-refractivity contribution in [2.24, 2.45) is 0 Å². The first kappa shape index (κ1) is 14.4. The van der Waals surface area contributed by atoms with Gasteiger partial charge in [0.05, 0.1) is 5.56 Å². The van der Waals surface area contributed by atoms with Crippen LogP contribution in [0.5, 0.6) is 0 Å². The van der Waals surface area contributed by atoms with Gasteiger partial charge in [-0.25, -0.2) is 0 Å². The van der Waals surface area contributed by atoms with Gasteiger partial charge in [0, 0.05) is 27.0 Å². The Morgan fingerprint density at radius 1 is 1.50 bits per heavy atom. The summed E-state index contributed by atoms with van der Waals surface area (Å²) in [4.78, 5) is 13.9. The molecule has 0 bridgehead atoms. The Morgan fingerprint density at radius 2 is 2.19 bits per heavy atom. The van der Waals surface area contributed by atoms with Crippen LogP contribution in [0.3, 0.4) is 0 Å². The second-order valence-electron chi connectivity index (χ2n) is 3.39. The molecule has 1 aromatic rings. The maximum absolute atomic E-state index is 12.1. The summed E-state index contributed by atoms with van der Waals surface area (Å²) in [5.41, 5.74) is 0.757. The van der Waals surface area contributed by atoms with Gasteiger partial charge in [0.25, 0.3) is 5.91 Å². The molecule has 0 spiro atoms. The second-order valence-corrected chi connectivity index (χ2v) is 6.26. The van der Waals surface area contributed by atoms with E-state index in [1.54, 1.807) is 4.90 Å². The second kappa shape index (κ2) is 6.96. The van der Waals surface area contributed by atoms with Crippen LogP contribution in [0.25, 0.3) is 0 Å². The molecule has 0 unspecified atom stereocenters. The third kappa shape index (κ3) is 4.00. The van der Waals surface area contributed by atoms with E-state index >= 15 is 0 Å². The van der Waals surface area contributed by atoms with Crippen LogP contribution < -0.4 is 0 Å². The third-order valence-corrected chi connectivity index (χ3v) is 4.13. The number of carbonyl (C=O) groups excluding carboxylic acids is 1. The van der Waals surface area contributed by atoms with Crippen LogP contribution >= 0.6 is 54.5 Å². The Kier molecular flexibility index (Phi) is 6.28. The zero-order valence-electron chi connectivity index (χ0n) is 8.84. The molecular formula is C11H12Br2INO. The van der Waals surface area contributed by atoms with Crippen LogP contribution in [0.4, 0.5) is 0 Å². The lowest BCUT2D eigenvalue weighted by molar-refractivity contribution is 0.0794. The Hall–Kier alpha value is 0.380. The van der Waals surface area contributed by atoms with Crippen molar-refractivity contribution in [3.63, 3.8) is 0 Å². The zero-order valence-corrected chi connectivity index (χ0v) is 14.2. The number of hydrogen-bond acceptors (Lipinski definition) is 1. The van der Waals surface area contributed by atoms with E-state index in [0.717, 1.165) is 31.9 Å². The van der Waals surface area contributed by atoms with Crippen molar-refractivity contribution in [2.45, 2.75) is 6.42 Å².